The quantitative estimate of drug-likeness (QED) is 0.854. The van der Waals surface area contributed by atoms with Crippen LogP contribution in [0.4, 0.5) is 0 Å². The first kappa shape index (κ1) is 15.2. The largest absolute Gasteiger partial charge is 0.493 e. The van der Waals surface area contributed by atoms with Crippen molar-refractivity contribution in [2.75, 3.05) is 6.61 Å². The number of ether oxygens (including phenoxy) is 1. The van der Waals surface area contributed by atoms with Gasteiger partial charge in [0.2, 0.25) is 0 Å². The van der Waals surface area contributed by atoms with Gasteiger partial charge in [0.15, 0.2) is 0 Å². The number of rotatable bonds is 5. The first-order valence-electron chi connectivity index (χ1n) is 6.65. The number of hydrogen-bond donors (Lipinski definition) is 1. The molecular weight excluding hydrogens is 286 g/mol. The Bertz CT molecular complexity index is 725. The standard InChI is InChI=1S/C15H17N3O2S/c1-3-8-20-13-7-5-4-6-10(13)12-9-11(14(16)21)15(19)18(2)17-12/h4-7,9H,3,8H2,1-2H3,(H2,16,21). The van der Waals surface area contributed by atoms with Crippen molar-refractivity contribution in [3.8, 4) is 17.0 Å². The van der Waals surface area contributed by atoms with Crippen LogP contribution in [0, 0.1) is 0 Å². The lowest BCUT2D eigenvalue weighted by atomic mass is 10.1. The molecule has 0 aliphatic rings. The number of thiocarbonyl (C=S) groups is 1. The van der Waals surface area contributed by atoms with Gasteiger partial charge in [-0.05, 0) is 24.6 Å². The molecule has 2 N–H and O–H groups in total. The molecule has 2 aromatic rings. The van der Waals surface area contributed by atoms with E-state index in [1.807, 2.05) is 31.2 Å². The summed E-state index contributed by atoms with van der Waals surface area (Å²) in [6.07, 6.45) is 0.910. The molecule has 1 heterocycles. The maximum absolute atomic E-state index is 12.0. The molecule has 0 amide bonds. The lowest BCUT2D eigenvalue weighted by Gasteiger charge is -2.12. The molecule has 6 heteroatoms. The number of nitrogens with zero attached hydrogens (tertiary/aromatic N) is 2. The Labute approximate surface area is 128 Å². The highest BCUT2D eigenvalue weighted by Crippen LogP contribution is 2.28. The summed E-state index contributed by atoms with van der Waals surface area (Å²) in [5.74, 6) is 0.722. The Hall–Kier alpha value is -2.21. The SMILES string of the molecule is CCCOc1ccccc1-c1cc(C(N)=S)c(=O)n(C)n1. The van der Waals surface area contributed by atoms with Crippen molar-refractivity contribution in [3.63, 3.8) is 0 Å². The van der Waals surface area contributed by atoms with Crippen LogP contribution < -0.4 is 16.0 Å². The molecule has 1 aromatic carbocycles. The summed E-state index contributed by atoms with van der Waals surface area (Å²) in [6, 6.07) is 9.16. The Kier molecular flexibility index (Phi) is 4.70. The zero-order valence-electron chi connectivity index (χ0n) is 12.0. The third kappa shape index (κ3) is 3.28. The van der Waals surface area contributed by atoms with Crippen LogP contribution in [0.5, 0.6) is 5.75 Å². The fourth-order valence-corrected chi connectivity index (χ4v) is 2.08. The summed E-state index contributed by atoms with van der Waals surface area (Å²) in [5, 5.41) is 4.26. The molecule has 0 radical (unpaired) electrons. The molecule has 0 aliphatic carbocycles. The number of aryl methyl sites for hydroxylation is 1. The number of benzene rings is 1. The second-order valence-electron chi connectivity index (χ2n) is 4.58. The van der Waals surface area contributed by atoms with E-state index in [-0.39, 0.29) is 16.1 Å². The second kappa shape index (κ2) is 6.49. The minimum absolute atomic E-state index is 0.0613. The van der Waals surface area contributed by atoms with E-state index in [1.54, 1.807) is 13.1 Å². The number of para-hydroxylation sites is 1. The zero-order chi connectivity index (χ0) is 15.4. The van der Waals surface area contributed by atoms with E-state index in [4.69, 9.17) is 22.7 Å². The van der Waals surface area contributed by atoms with Gasteiger partial charge in [-0.1, -0.05) is 31.3 Å². The molecule has 0 unspecified atom stereocenters. The minimum Gasteiger partial charge on any atom is -0.493 e. The fraction of sp³-hybridized carbons (Fsp3) is 0.267. The molecule has 0 spiro atoms. The van der Waals surface area contributed by atoms with Crippen LogP contribution in [0.1, 0.15) is 18.9 Å². The first-order chi connectivity index (χ1) is 10.0. The van der Waals surface area contributed by atoms with Gasteiger partial charge in [0, 0.05) is 12.6 Å². The van der Waals surface area contributed by atoms with Crippen LogP contribution in [0.2, 0.25) is 0 Å². The predicted octanol–water partition coefficient (Wildman–Crippen LogP) is 1.87. The molecule has 2 rings (SSSR count). The lowest BCUT2D eigenvalue weighted by Crippen LogP contribution is -2.29. The molecule has 1 aromatic heterocycles. The number of hydrogen-bond acceptors (Lipinski definition) is 4. The Morgan fingerprint density at radius 2 is 2.14 bits per heavy atom. The monoisotopic (exact) mass is 303 g/mol. The van der Waals surface area contributed by atoms with Crippen molar-refractivity contribution >= 4 is 17.2 Å². The van der Waals surface area contributed by atoms with Crippen molar-refractivity contribution < 1.29 is 4.74 Å². The van der Waals surface area contributed by atoms with E-state index < -0.39 is 0 Å². The van der Waals surface area contributed by atoms with Gasteiger partial charge >= 0.3 is 0 Å². The van der Waals surface area contributed by atoms with Crippen LogP contribution in [-0.2, 0) is 7.05 Å². The van der Waals surface area contributed by atoms with Crippen LogP contribution in [0.25, 0.3) is 11.3 Å². The molecule has 0 saturated carbocycles. The van der Waals surface area contributed by atoms with Crippen molar-refractivity contribution in [1.82, 2.24) is 9.78 Å². The third-order valence-electron chi connectivity index (χ3n) is 2.95. The molecule has 0 saturated heterocycles. The Morgan fingerprint density at radius 1 is 1.43 bits per heavy atom. The molecule has 0 atom stereocenters. The maximum atomic E-state index is 12.0. The Balaban J connectivity index is 2.57. The molecule has 5 nitrogen and oxygen atoms in total. The van der Waals surface area contributed by atoms with E-state index >= 15 is 0 Å². The molecule has 110 valence electrons. The summed E-state index contributed by atoms with van der Waals surface area (Å²) in [6.45, 7) is 2.66. The third-order valence-corrected chi connectivity index (χ3v) is 3.17. The van der Waals surface area contributed by atoms with Crippen LogP contribution in [0.3, 0.4) is 0 Å². The molecule has 0 aliphatic heterocycles. The van der Waals surface area contributed by atoms with Gasteiger partial charge in [0.25, 0.3) is 5.56 Å². The van der Waals surface area contributed by atoms with Crippen molar-refractivity contribution in [2.24, 2.45) is 12.8 Å². The number of nitrogens with two attached hydrogens (primary N) is 1. The normalized spacial score (nSPS) is 10.4. The lowest BCUT2D eigenvalue weighted by molar-refractivity contribution is 0.318. The first-order valence-corrected chi connectivity index (χ1v) is 7.05. The average molecular weight is 303 g/mol. The van der Waals surface area contributed by atoms with E-state index in [9.17, 15) is 4.79 Å². The fourth-order valence-electron chi connectivity index (χ4n) is 1.93. The van der Waals surface area contributed by atoms with E-state index in [1.165, 1.54) is 4.68 Å². The Morgan fingerprint density at radius 3 is 2.81 bits per heavy atom. The molecule has 21 heavy (non-hydrogen) atoms. The van der Waals surface area contributed by atoms with Gasteiger partial charge < -0.3 is 10.5 Å². The highest BCUT2D eigenvalue weighted by Gasteiger charge is 2.13. The van der Waals surface area contributed by atoms with Gasteiger partial charge in [0.05, 0.1) is 17.9 Å². The van der Waals surface area contributed by atoms with Gasteiger partial charge in [-0.25, -0.2) is 4.68 Å². The van der Waals surface area contributed by atoms with Crippen LogP contribution >= 0.6 is 12.2 Å². The summed E-state index contributed by atoms with van der Waals surface area (Å²) < 4.78 is 6.96. The highest BCUT2D eigenvalue weighted by molar-refractivity contribution is 7.80. The van der Waals surface area contributed by atoms with Crippen molar-refractivity contribution in [2.45, 2.75) is 13.3 Å². The van der Waals surface area contributed by atoms with Crippen LogP contribution in [0.15, 0.2) is 35.1 Å². The van der Waals surface area contributed by atoms with E-state index in [0.29, 0.717) is 12.3 Å². The van der Waals surface area contributed by atoms with Gasteiger partial charge in [0.1, 0.15) is 10.7 Å². The smallest absolute Gasteiger partial charge is 0.276 e. The van der Waals surface area contributed by atoms with Crippen molar-refractivity contribution in [3.05, 3.63) is 46.2 Å². The highest BCUT2D eigenvalue weighted by atomic mass is 32.1. The summed E-state index contributed by atoms with van der Waals surface area (Å²) in [4.78, 5) is 12.0. The van der Waals surface area contributed by atoms with Gasteiger partial charge in [-0.15, -0.1) is 0 Å². The summed E-state index contributed by atoms with van der Waals surface area (Å²) in [7, 11) is 1.57. The number of aromatic nitrogens is 2. The van der Waals surface area contributed by atoms with Crippen molar-refractivity contribution in [1.29, 1.82) is 0 Å². The van der Waals surface area contributed by atoms with Gasteiger partial charge in [-0.3, -0.25) is 4.79 Å². The molecule has 0 bridgehead atoms. The zero-order valence-corrected chi connectivity index (χ0v) is 12.8. The van der Waals surface area contributed by atoms with E-state index in [0.717, 1.165) is 17.7 Å². The van der Waals surface area contributed by atoms with Gasteiger partial charge in [-0.2, -0.15) is 5.10 Å². The predicted molar refractivity (Wildman–Crippen MR) is 86.6 cm³/mol. The maximum Gasteiger partial charge on any atom is 0.276 e. The molecular formula is C15H17N3O2S. The minimum atomic E-state index is -0.307. The second-order valence-corrected chi connectivity index (χ2v) is 5.02. The molecule has 0 fully saturated rings. The summed E-state index contributed by atoms with van der Waals surface area (Å²) >= 11 is 4.93. The summed E-state index contributed by atoms with van der Waals surface area (Å²) in [5.41, 5.74) is 6.99. The van der Waals surface area contributed by atoms with Crippen LogP contribution in [-0.4, -0.2) is 21.4 Å². The average Bonchev–Trinajstić information content (AvgIpc) is 2.47. The van der Waals surface area contributed by atoms with E-state index in [2.05, 4.69) is 5.10 Å². The topological polar surface area (TPSA) is 70.1 Å².